The molecule has 0 unspecified atom stereocenters. The van der Waals surface area contributed by atoms with Crippen molar-refractivity contribution in [2.75, 3.05) is 45.8 Å². The average molecular weight is 470 g/mol. The molecule has 2 aromatic carbocycles. The molecule has 0 N–H and O–H groups in total. The molecular weight excluding hydrogens is 445 g/mol. The molecule has 1 heterocycles. The number of aromatic nitrogens is 1. The second-order valence-electron chi connectivity index (χ2n) is 6.75. The normalized spacial score (nSPS) is 10.7. The number of fused-ring (bicyclic) bond motifs is 1. The largest absolute Gasteiger partial charge is 0.497 e. The van der Waals surface area contributed by atoms with Crippen LogP contribution in [0.3, 0.4) is 0 Å². The minimum Gasteiger partial charge on any atom is -0.497 e. The Morgan fingerprint density at radius 2 is 1.80 bits per heavy atom. The van der Waals surface area contributed by atoms with Gasteiger partial charge in [-0.1, -0.05) is 29.0 Å². The molecule has 162 valence electrons. The van der Waals surface area contributed by atoms with Crippen molar-refractivity contribution < 1.29 is 14.3 Å². The SMILES string of the molecule is COc1ccc(OCC(=O)N(CCCN(C)C)c2nc3c(Cl)cccc3s2)cc1.Cl. The van der Waals surface area contributed by atoms with E-state index in [1.54, 1.807) is 42.3 Å². The predicted octanol–water partition coefficient (Wildman–Crippen LogP) is 4.74. The number of rotatable bonds is 9. The van der Waals surface area contributed by atoms with Crippen LogP contribution < -0.4 is 14.4 Å². The van der Waals surface area contributed by atoms with Gasteiger partial charge in [-0.2, -0.15) is 0 Å². The Balaban J connectivity index is 0.00000320. The zero-order chi connectivity index (χ0) is 20.8. The maximum absolute atomic E-state index is 13.0. The first-order chi connectivity index (χ1) is 14.0. The predicted molar refractivity (Wildman–Crippen MR) is 126 cm³/mol. The zero-order valence-corrected chi connectivity index (χ0v) is 19.5. The first-order valence-electron chi connectivity index (χ1n) is 9.25. The molecule has 30 heavy (non-hydrogen) atoms. The fourth-order valence-electron chi connectivity index (χ4n) is 2.79. The Labute approximate surface area is 191 Å². The van der Waals surface area contributed by atoms with E-state index in [1.165, 1.54) is 11.3 Å². The Kier molecular flexibility index (Phi) is 9.17. The van der Waals surface area contributed by atoms with E-state index in [0.29, 0.717) is 22.4 Å². The van der Waals surface area contributed by atoms with Gasteiger partial charge in [0.2, 0.25) is 0 Å². The Hall–Kier alpha value is -2.06. The maximum atomic E-state index is 13.0. The summed E-state index contributed by atoms with van der Waals surface area (Å²) >= 11 is 7.72. The third kappa shape index (κ3) is 6.22. The zero-order valence-electron chi connectivity index (χ0n) is 17.1. The lowest BCUT2D eigenvalue weighted by atomic mass is 10.3. The van der Waals surface area contributed by atoms with Crippen molar-refractivity contribution in [1.82, 2.24) is 9.88 Å². The molecule has 0 radical (unpaired) electrons. The number of benzene rings is 2. The Morgan fingerprint density at radius 1 is 1.10 bits per heavy atom. The van der Waals surface area contributed by atoms with Crippen LogP contribution in [-0.4, -0.2) is 56.7 Å². The van der Waals surface area contributed by atoms with E-state index >= 15 is 0 Å². The molecule has 3 rings (SSSR count). The van der Waals surface area contributed by atoms with E-state index in [2.05, 4.69) is 9.88 Å². The molecule has 0 saturated heterocycles. The van der Waals surface area contributed by atoms with Crippen molar-refractivity contribution >= 4 is 56.6 Å². The van der Waals surface area contributed by atoms with E-state index < -0.39 is 0 Å². The fraction of sp³-hybridized carbons (Fsp3) is 0.333. The third-order valence-corrected chi connectivity index (χ3v) is 5.65. The van der Waals surface area contributed by atoms with Crippen LogP contribution >= 0.6 is 35.3 Å². The quantitative estimate of drug-likeness (QED) is 0.452. The van der Waals surface area contributed by atoms with E-state index in [9.17, 15) is 4.79 Å². The molecule has 0 fully saturated rings. The van der Waals surface area contributed by atoms with Gasteiger partial charge in [0.1, 0.15) is 17.0 Å². The molecule has 1 amide bonds. The summed E-state index contributed by atoms with van der Waals surface area (Å²) in [7, 11) is 5.63. The van der Waals surface area contributed by atoms with Gasteiger partial charge < -0.3 is 14.4 Å². The highest BCUT2D eigenvalue weighted by Crippen LogP contribution is 2.33. The van der Waals surface area contributed by atoms with Gasteiger partial charge in [-0.15, -0.1) is 12.4 Å². The number of thiazole rings is 1. The van der Waals surface area contributed by atoms with Gasteiger partial charge in [0.15, 0.2) is 11.7 Å². The molecule has 0 saturated carbocycles. The van der Waals surface area contributed by atoms with Crippen LogP contribution in [0.4, 0.5) is 5.13 Å². The van der Waals surface area contributed by atoms with Crippen LogP contribution in [0.25, 0.3) is 10.2 Å². The number of hydrogen-bond acceptors (Lipinski definition) is 6. The minimum absolute atomic E-state index is 0. The number of methoxy groups -OCH3 is 1. The highest BCUT2D eigenvalue weighted by Gasteiger charge is 2.21. The van der Waals surface area contributed by atoms with E-state index in [0.717, 1.165) is 28.9 Å². The van der Waals surface area contributed by atoms with Crippen molar-refractivity contribution in [2.45, 2.75) is 6.42 Å². The van der Waals surface area contributed by atoms with Gasteiger partial charge in [-0.3, -0.25) is 9.69 Å². The number of nitrogens with zero attached hydrogens (tertiary/aromatic N) is 3. The van der Waals surface area contributed by atoms with Crippen LogP contribution in [-0.2, 0) is 4.79 Å². The summed E-state index contributed by atoms with van der Waals surface area (Å²) in [5, 5.41) is 1.22. The van der Waals surface area contributed by atoms with Gasteiger partial charge in [-0.05, 0) is 63.5 Å². The molecule has 1 aromatic heterocycles. The van der Waals surface area contributed by atoms with Gasteiger partial charge in [0.05, 0.1) is 16.8 Å². The smallest absolute Gasteiger partial charge is 0.266 e. The summed E-state index contributed by atoms with van der Waals surface area (Å²) in [5.74, 6) is 1.20. The summed E-state index contributed by atoms with van der Waals surface area (Å²) in [6, 6.07) is 12.8. The van der Waals surface area contributed by atoms with Crippen LogP contribution in [0.1, 0.15) is 6.42 Å². The van der Waals surface area contributed by atoms with Gasteiger partial charge in [0.25, 0.3) is 5.91 Å². The van der Waals surface area contributed by atoms with Crippen molar-refractivity contribution in [3.63, 3.8) is 0 Å². The molecule has 3 aromatic rings. The number of carbonyl (C=O) groups is 1. The second-order valence-corrected chi connectivity index (χ2v) is 8.17. The Bertz CT molecular complexity index is 964. The summed E-state index contributed by atoms with van der Waals surface area (Å²) in [5.41, 5.74) is 0.718. The second kappa shape index (κ2) is 11.4. The fourth-order valence-corrected chi connectivity index (χ4v) is 4.09. The van der Waals surface area contributed by atoms with E-state index in [4.69, 9.17) is 21.1 Å². The molecule has 0 spiro atoms. The standard InChI is InChI=1S/C21H24ClN3O3S.ClH/c1-24(2)12-5-13-25(21-23-20-17(22)6-4-7-18(20)29-21)19(26)14-28-16-10-8-15(27-3)9-11-16;/h4,6-11H,5,12-14H2,1-3H3;1H. The van der Waals surface area contributed by atoms with Crippen molar-refractivity contribution in [2.24, 2.45) is 0 Å². The lowest BCUT2D eigenvalue weighted by Gasteiger charge is -2.21. The third-order valence-electron chi connectivity index (χ3n) is 4.30. The molecule has 0 aliphatic heterocycles. The van der Waals surface area contributed by atoms with E-state index in [-0.39, 0.29) is 24.9 Å². The lowest BCUT2D eigenvalue weighted by molar-refractivity contribution is -0.120. The summed E-state index contributed by atoms with van der Waals surface area (Å²) in [6.45, 7) is 1.35. The number of anilines is 1. The van der Waals surface area contributed by atoms with Crippen molar-refractivity contribution in [1.29, 1.82) is 0 Å². The summed E-state index contributed by atoms with van der Waals surface area (Å²) in [6.07, 6.45) is 0.824. The van der Waals surface area contributed by atoms with Gasteiger partial charge in [-0.25, -0.2) is 4.98 Å². The first kappa shape index (κ1) is 24.2. The highest BCUT2D eigenvalue weighted by molar-refractivity contribution is 7.22. The first-order valence-corrected chi connectivity index (χ1v) is 10.4. The summed E-state index contributed by atoms with van der Waals surface area (Å²) < 4.78 is 11.8. The number of carbonyl (C=O) groups excluding carboxylic acids is 1. The van der Waals surface area contributed by atoms with Gasteiger partial charge in [0, 0.05) is 6.54 Å². The van der Waals surface area contributed by atoms with Crippen LogP contribution in [0, 0.1) is 0 Å². The van der Waals surface area contributed by atoms with Gasteiger partial charge >= 0.3 is 0 Å². The average Bonchev–Trinajstić information content (AvgIpc) is 3.15. The van der Waals surface area contributed by atoms with Crippen molar-refractivity contribution in [3.8, 4) is 11.5 Å². The van der Waals surface area contributed by atoms with E-state index in [1.807, 2.05) is 26.2 Å². The molecule has 0 aliphatic rings. The van der Waals surface area contributed by atoms with Crippen LogP contribution in [0.15, 0.2) is 42.5 Å². The number of ether oxygens (including phenoxy) is 2. The highest BCUT2D eigenvalue weighted by atomic mass is 35.5. The van der Waals surface area contributed by atoms with Crippen LogP contribution in [0.5, 0.6) is 11.5 Å². The molecule has 9 heteroatoms. The minimum atomic E-state index is -0.144. The number of halogens is 2. The molecule has 0 atom stereocenters. The van der Waals surface area contributed by atoms with Crippen molar-refractivity contribution in [3.05, 3.63) is 47.5 Å². The lowest BCUT2D eigenvalue weighted by Crippen LogP contribution is -2.36. The molecule has 6 nitrogen and oxygen atoms in total. The Morgan fingerprint density at radius 3 is 2.43 bits per heavy atom. The molecule has 0 bridgehead atoms. The molecular formula is C21H25Cl2N3O3S. The topological polar surface area (TPSA) is 54.9 Å². The number of hydrogen-bond donors (Lipinski definition) is 0. The maximum Gasteiger partial charge on any atom is 0.266 e. The number of para-hydroxylation sites is 1. The monoisotopic (exact) mass is 469 g/mol. The summed E-state index contributed by atoms with van der Waals surface area (Å²) in [4.78, 5) is 21.4. The number of amides is 1. The van der Waals surface area contributed by atoms with Crippen LogP contribution in [0.2, 0.25) is 5.02 Å². The molecule has 0 aliphatic carbocycles.